The van der Waals surface area contributed by atoms with E-state index in [9.17, 15) is 4.79 Å². The van der Waals surface area contributed by atoms with Crippen molar-refractivity contribution in [2.45, 2.75) is 26.0 Å². The molecule has 1 aromatic heterocycles. The van der Waals surface area contributed by atoms with Crippen molar-refractivity contribution in [2.75, 3.05) is 19.0 Å². The van der Waals surface area contributed by atoms with Gasteiger partial charge in [0.05, 0.1) is 12.5 Å². The zero-order valence-corrected chi connectivity index (χ0v) is 12.7. The number of aromatic nitrogens is 4. The number of anilines is 1. The number of nitrogens with one attached hydrogen (secondary N) is 1. The summed E-state index contributed by atoms with van der Waals surface area (Å²) in [5.74, 6) is 0.514. The summed E-state index contributed by atoms with van der Waals surface area (Å²) in [4.78, 5) is 12.0. The van der Waals surface area contributed by atoms with Crippen LogP contribution in [0.3, 0.4) is 0 Å². The molecular formula is C14H20N6O2. The van der Waals surface area contributed by atoms with Gasteiger partial charge in [-0.2, -0.15) is 0 Å². The number of methoxy groups -OCH3 is 1. The lowest BCUT2D eigenvalue weighted by Crippen LogP contribution is -2.28. The minimum absolute atomic E-state index is 0.149. The average Bonchev–Trinajstić information content (AvgIpc) is 3.01. The molecule has 8 nitrogen and oxygen atoms in total. The molecule has 22 heavy (non-hydrogen) atoms. The fraction of sp³-hybridized carbons (Fsp3) is 0.429. The molecule has 0 spiro atoms. The first-order chi connectivity index (χ1) is 10.7. The van der Waals surface area contributed by atoms with Crippen LogP contribution in [0, 0.1) is 0 Å². The van der Waals surface area contributed by atoms with Crippen LogP contribution in [0.4, 0.5) is 5.69 Å². The van der Waals surface area contributed by atoms with Gasteiger partial charge in [-0.05, 0) is 29.5 Å². The highest BCUT2D eigenvalue weighted by molar-refractivity contribution is 5.91. The standard InChI is InChI=1S/C14H20N6O2/c1-3-20-14(17-18-19-20)10-5-4-6-11(7-10)16-13(21)8-12(9-15)22-2/h4-7,12H,3,8-9,15H2,1-2H3,(H,16,21). The molecule has 1 aromatic carbocycles. The Balaban J connectivity index is 2.10. The SMILES string of the molecule is CCn1nnnc1-c1cccc(NC(=O)CC(CN)OC)c1. The van der Waals surface area contributed by atoms with Crippen LogP contribution >= 0.6 is 0 Å². The van der Waals surface area contributed by atoms with E-state index in [1.165, 1.54) is 7.11 Å². The van der Waals surface area contributed by atoms with Crippen molar-refractivity contribution in [1.29, 1.82) is 0 Å². The summed E-state index contributed by atoms with van der Waals surface area (Å²) in [5, 5.41) is 14.4. The lowest BCUT2D eigenvalue weighted by Gasteiger charge is -2.13. The van der Waals surface area contributed by atoms with Crippen molar-refractivity contribution in [3.63, 3.8) is 0 Å². The molecule has 2 aromatic rings. The summed E-state index contributed by atoms with van der Waals surface area (Å²) < 4.78 is 6.80. The minimum Gasteiger partial charge on any atom is -0.380 e. The Labute approximate surface area is 128 Å². The van der Waals surface area contributed by atoms with Crippen LogP contribution in [0.5, 0.6) is 0 Å². The van der Waals surface area contributed by atoms with E-state index in [1.54, 1.807) is 4.68 Å². The first-order valence-electron chi connectivity index (χ1n) is 7.07. The summed E-state index contributed by atoms with van der Waals surface area (Å²) >= 11 is 0. The first-order valence-corrected chi connectivity index (χ1v) is 7.07. The number of nitrogens with zero attached hydrogens (tertiary/aromatic N) is 4. The molecule has 0 bridgehead atoms. The number of tetrazole rings is 1. The van der Waals surface area contributed by atoms with Gasteiger partial charge < -0.3 is 15.8 Å². The molecule has 0 saturated heterocycles. The van der Waals surface area contributed by atoms with Crippen molar-refractivity contribution >= 4 is 11.6 Å². The molecule has 1 unspecified atom stereocenters. The van der Waals surface area contributed by atoms with Gasteiger partial charge in [-0.25, -0.2) is 4.68 Å². The zero-order chi connectivity index (χ0) is 15.9. The molecule has 1 atom stereocenters. The van der Waals surface area contributed by atoms with Gasteiger partial charge in [0.25, 0.3) is 0 Å². The Hall–Kier alpha value is -2.32. The molecule has 1 amide bonds. The highest BCUT2D eigenvalue weighted by atomic mass is 16.5. The van der Waals surface area contributed by atoms with Gasteiger partial charge in [-0.1, -0.05) is 12.1 Å². The summed E-state index contributed by atoms with van der Waals surface area (Å²) in [7, 11) is 1.54. The molecule has 0 aliphatic rings. The van der Waals surface area contributed by atoms with Gasteiger partial charge in [-0.3, -0.25) is 4.79 Å². The summed E-state index contributed by atoms with van der Waals surface area (Å²) in [6.45, 7) is 2.93. The molecule has 0 aliphatic heterocycles. The van der Waals surface area contributed by atoms with Crippen LogP contribution in [0.25, 0.3) is 11.4 Å². The minimum atomic E-state index is -0.282. The van der Waals surface area contributed by atoms with E-state index in [0.29, 0.717) is 24.6 Å². The zero-order valence-electron chi connectivity index (χ0n) is 12.7. The van der Waals surface area contributed by atoms with Gasteiger partial charge in [0.15, 0.2) is 5.82 Å². The van der Waals surface area contributed by atoms with E-state index in [2.05, 4.69) is 20.8 Å². The van der Waals surface area contributed by atoms with Crippen LogP contribution in [-0.2, 0) is 16.1 Å². The maximum Gasteiger partial charge on any atom is 0.227 e. The van der Waals surface area contributed by atoms with Crippen molar-refractivity contribution in [3.05, 3.63) is 24.3 Å². The number of nitrogens with two attached hydrogens (primary N) is 1. The average molecular weight is 304 g/mol. The summed E-state index contributed by atoms with van der Waals surface area (Å²) in [5.41, 5.74) is 7.04. The quantitative estimate of drug-likeness (QED) is 0.778. The second kappa shape index (κ2) is 7.62. The number of rotatable bonds is 7. The number of aryl methyl sites for hydroxylation is 1. The molecular weight excluding hydrogens is 284 g/mol. The van der Waals surface area contributed by atoms with Crippen LogP contribution < -0.4 is 11.1 Å². The van der Waals surface area contributed by atoms with E-state index in [0.717, 1.165) is 5.56 Å². The molecule has 1 heterocycles. The number of carbonyl (C=O) groups excluding carboxylic acids is 1. The number of carbonyl (C=O) groups is 1. The molecule has 0 fully saturated rings. The Kier molecular flexibility index (Phi) is 5.56. The van der Waals surface area contributed by atoms with Crippen molar-refractivity contribution in [2.24, 2.45) is 5.73 Å². The van der Waals surface area contributed by atoms with E-state index in [1.807, 2.05) is 31.2 Å². The van der Waals surface area contributed by atoms with Gasteiger partial charge in [0.1, 0.15) is 0 Å². The maximum atomic E-state index is 12.0. The van der Waals surface area contributed by atoms with Crippen LogP contribution in [-0.4, -0.2) is 45.9 Å². The number of ether oxygens (including phenoxy) is 1. The second-order valence-corrected chi connectivity index (χ2v) is 4.74. The summed E-state index contributed by atoms with van der Waals surface area (Å²) in [6.07, 6.45) is -0.0696. The molecule has 2 rings (SSSR count). The first kappa shape index (κ1) is 16.1. The van der Waals surface area contributed by atoms with Crippen molar-refractivity contribution < 1.29 is 9.53 Å². The van der Waals surface area contributed by atoms with E-state index in [-0.39, 0.29) is 18.4 Å². The number of benzene rings is 1. The number of amides is 1. The van der Waals surface area contributed by atoms with E-state index in [4.69, 9.17) is 10.5 Å². The largest absolute Gasteiger partial charge is 0.380 e. The van der Waals surface area contributed by atoms with Crippen molar-refractivity contribution in [3.8, 4) is 11.4 Å². The molecule has 0 radical (unpaired) electrons. The molecule has 0 aliphatic carbocycles. The lowest BCUT2D eigenvalue weighted by atomic mass is 10.1. The fourth-order valence-corrected chi connectivity index (χ4v) is 2.04. The summed E-state index contributed by atoms with van der Waals surface area (Å²) in [6, 6.07) is 7.38. The Morgan fingerprint density at radius 2 is 2.32 bits per heavy atom. The van der Waals surface area contributed by atoms with Crippen molar-refractivity contribution in [1.82, 2.24) is 20.2 Å². The highest BCUT2D eigenvalue weighted by Gasteiger charge is 2.13. The van der Waals surface area contributed by atoms with Gasteiger partial charge in [0, 0.05) is 31.5 Å². The molecule has 3 N–H and O–H groups in total. The third-order valence-electron chi connectivity index (χ3n) is 3.25. The third-order valence-corrected chi connectivity index (χ3v) is 3.25. The third kappa shape index (κ3) is 3.86. The van der Waals surface area contributed by atoms with E-state index >= 15 is 0 Å². The Morgan fingerprint density at radius 3 is 3.00 bits per heavy atom. The lowest BCUT2D eigenvalue weighted by molar-refractivity contribution is -0.118. The number of hydrogen-bond donors (Lipinski definition) is 2. The van der Waals surface area contributed by atoms with Gasteiger partial charge >= 0.3 is 0 Å². The van der Waals surface area contributed by atoms with Crippen LogP contribution in [0.15, 0.2) is 24.3 Å². The highest BCUT2D eigenvalue weighted by Crippen LogP contribution is 2.20. The van der Waals surface area contributed by atoms with Gasteiger partial charge in [0.2, 0.25) is 5.91 Å². The molecule has 8 heteroatoms. The van der Waals surface area contributed by atoms with Crippen LogP contribution in [0.2, 0.25) is 0 Å². The molecule has 118 valence electrons. The fourth-order valence-electron chi connectivity index (χ4n) is 2.04. The maximum absolute atomic E-state index is 12.0. The topological polar surface area (TPSA) is 108 Å². The normalized spacial score (nSPS) is 12.1. The molecule has 0 saturated carbocycles. The predicted octanol–water partition coefficient (Wildman–Crippen LogP) is 0.662. The van der Waals surface area contributed by atoms with Gasteiger partial charge in [-0.15, -0.1) is 5.10 Å². The smallest absolute Gasteiger partial charge is 0.227 e. The predicted molar refractivity (Wildman–Crippen MR) is 82.0 cm³/mol. The second-order valence-electron chi connectivity index (χ2n) is 4.74. The Bertz CT molecular complexity index is 623. The van der Waals surface area contributed by atoms with Crippen LogP contribution in [0.1, 0.15) is 13.3 Å². The Morgan fingerprint density at radius 1 is 1.50 bits per heavy atom. The monoisotopic (exact) mass is 304 g/mol. The van der Waals surface area contributed by atoms with E-state index < -0.39 is 0 Å². The number of hydrogen-bond acceptors (Lipinski definition) is 6.